The number of ether oxygens (including phenoxy) is 2. The highest BCUT2D eigenvalue weighted by molar-refractivity contribution is 5.63. The number of hydrogen-bond donors (Lipinski definition) is 0. The van der Waals surface area contributed by atoms with E-state index in [0.717, 1.165) is 35.2 Å². The van der Waals surface area contributed by atoms with Crippen LogP contribution in [0.25, 0.3) is 0 Å². The number of hydrogen-bond acceptors (Lipinski definition) is 2. The molecule has 2 fully saturated rings. The number of rotatable bonds is 2. The second kappa shape index (κ2) is 2.31. The molecule has 0 spiro atoms. The maximum absolute atomic E-state index is 5.47. The molecule has 1 aromatic carbocycles. The van der Waals surface area contributed by atoms with Crippen LogP contribution < -0.4 is 9.47 Å². The summed E-state index contributed by atoms with van der Waals surface area (Å²) in [6, 6.07) is 4.10. The summed E-state index contributed by atoms with van der Waals surface area (Å²) in [6.07, 6.45) is 1.38. The highest BCUT2D eigenvalue weighted by Crippen LogP contribution is 2.80. The minimum atomic E-state index is 0.778. The third-order valence-electron chi connectivity index (χ3n) is 4.57. The van der Waals surface area contributed by atoms with Crippen LogP contribution in [0.4, 0.5) is 0 Å². The summed E-state index contributed by atoms with van der Waals surface area (Å²) in [6.45, 7) is 0. The van der Waals surface area contributed by atoms with E-state index in [2.05, 4.69) is 12.1 Å². The van der Waals surface area contributed by atoms with Gasteiger partial charge in [0.1, 0.15) is 11.5 Å². The molecule has 78 valence electrons. The number of benzene rings is 1. The van der Waals surface area contributed by atoms with Gasteiger partial charge in [0.25, 0.3) is 0 Å². The first-order valence-corrected chi connectivity index (χ1v) is 5.61. The van der Waals surface area contributed by atoms with E-state index in [0.29, 0.717) is 0 Å². The van der Waals surface area contributed by atoms with Crippen LogP contribution in [0.15, 0.2) is 12.1 Å². The lowest BCUT2D eigenvalue weighted by Crippen LogP contribution is -2.16. The van der Waals surface area contributed by atoms with Gasteiger partial charge in [0, 0.05) is 11.1 Å². The molecule has 0 unspecified atom stereocenters. The lowest BCUT2D eigenvalue weighted by molar-refractivity contribution is 0.351. The Morgan fingerprint density at radius 1 is 1.07 bits per heavy atom. The van der Waals surface area contributed by atoms with Crippen LogP contribution in [-0.2, 0) is 0 Å². The van der Waals surface area contributed by atoms with Gasteiger partial charge in [-0.05, 0) is 42.2 Å². The van der Waals surface area contributed by atoms with Crippen LogP contribution in [-0.4, -0.2) is 14.2 Å². The van der Waals surface area contributed by atoms with Crippen molar-refractivity contribution in [3.8, 4) is 11.5 Å². The number of fused-ring (bicyclic) bond motifs is 4. The Balaban J connectivity index is 1.97. The second-order valence-corrected chi connectivity index (χ2v) is 4.91. The molecule has 0 aromatic heterocycles. The lowest BCUT2D eigenvalue weighted by atomic mass is 9.78. The zero-order valence-corrected chi connectivity index (χ0v) is 8.99. The van der Waals surface area contributed by atoms with Crippen LogP contribution in [0.1, 0.15) is 29.4 Å². The molecule has 0 amide bonds. The van der Waals surface area contributed by atoms with Gasteiger partial charge in [0.05, 0.1) is 14.2 Å². The summed E-state index contributed by atoms with van der Waals surface area (Å²) >= 11 is 0. The van der Waals surface area contributed by atoms with Crippen molar-refractivity contribution in [2.75, 3.05) is 14.2 Å². The molecule has 0 radical (unpaired) electrons. The molecule has 0 saturated heterocycles. The summed E-state index contributed by atoms with van der Waals surface area (Å²) in [7, 11) is 3.53. The summed E-state index contributed by atoms with van der Waals surface area (Å²) < 4.78 is 10.9. The first-order valence-electron chi connectivity index (χ1n) is 5.61. The van der Waals surface area contributed by atoms with Crippen molar-refractivity contribution in [3.63, 3.8) is 0 Å². The van der Waals surface area contributed by atoms with E-state index < -0.39 is 0 Å². The normalized spacial score (nSPS) is 37.7. The van der Waals surface area contributed by atoms with Crippen LogP contribution in [0, 0.1) is 11.8 Å². The molecule has 15 heavy (non-hydrogen) atoms. The van der Waals surface area contributed by atoms with E-state index in [1.807, 2.05) is 0 Å². The monoisotopic (exact) mass is 202 g/mol. The second-order valence-electron chi connectivity index (χ2n) is 4.91. The average Bonchev–Trinajstić information content (AvgIpc) is 2.73. The molecule has 2 heteroatoms. The van der Waals surface area contributed by atoms with Crippen molar-refractivity contribution >= 4 is 0 Å². The molecule has 1 aromatic rings. The minimum absolute atomic E-state index is 0.778. The van der Waals surface area contributed by atoms with Crippen LogP contribution in [0.2, 0.25) is 0 Å². The minimum Gasteiger partial charge on any atom is -0.496 e. The van der Waals surface area contributed by atoms with Gasteiger partial charge in [0.2, 0.25) is 0 Å². The molecule has 3 aliphatic rings. The average molecular weight is 202 g/mol. The zero-order chi connectivity index (χ0) is 10.2. The Hall–Kier alpha value is -1.18. The first-order chi connectivity index (χ1) is 7.36. The molecule has 4 rings (SSSR count). The Morgan fingerprint density at radius 3 is 2.40 bits per heavy atom. The fourth-order valence-corrected chi connectivity index (χ4v) is 3.90. The van der Waals surface area contributed by atoms with Gasteiger partial charge in [0.15, 0.2) is 0 Å². The maximum atomic E-state index is 5.47. The van der Waals surface area contributed by atoms with E-state index in [1.54, 1.807) is 14.2 Å². The SMILES string of the molecule is COc1ccc(OC)c2c1[C@@H]1[C@@H]3C[C@H]2[C@@H]31. The third kappa shape index (κ3) is 0.715. The van der Waals surface area contributed by atoms with E-state index in [1.165, 1.54) is 17.5 Å². The van der Waals surface area contributed by atoms with Gasteiger partial charge in [-0.15, -0.1) is 0 Å². The van der Waals surface area contributed by atoms with Gasteiger partial charge >= 0.3 is 0 Å². The largest absolute Gasteiger partial charge is 0.496 e. The summed E-state index contributed by atoms with van der Waals surface area (Å²) in [5, 5.41) is 0. The van der Waals surface area contributed by atoms with Crippen LogP contribution >= 0.6 is 0 Å². The topological polar surface area (TPSA) is 18.5 Å². The van der Waals surface area contributed by atoms with Gasteiger partial charge in [-0.1, -0.05) is 0 Å². The van der Waals surface area contributed by atoms with Gasteiger partial charge in [-0.3, -0.25) is 0 Å². The maximum Gasteiger partial charge on any atom is 0.122 e. The van der Waals surface area contributed by atoms with Crippen molar-refractivity contribution < 1.29 is 9.47 Å². The molecule has 2 saturated carbocycles. The van der Waals surface area contributed by atoms with Gasteiger partial charge in [-0.25, -0.2) is 0 Å². The van der Waals surface area contributed by atoms with E-state index in [-0.39, 0.29) is 0 Å². The van der Waals surface area contributed by atoms with Gasteiger partial charge < -0.3 is 9.47 Å². The molecule has 0 heterocycles. The molecule has 0 bridgehead atoms. The quantitative estimate of drug-likeness (QED) is 0.733. The fraction of sp³-hybridized carbons (Fsp3) is 0.538. The van der Waals surface area contributed by atoms with Crippen molar-refractivity contribution in [1.29, 1.82) is 0 Å². The third-order valence-corrected chi connectivity index (χ3v) is 4.57. The molecular formula is C13H14O2. The number of methoxy groups -OCH3 is 2. The van der Waals surface area contributed by atoms with E-state index in [9.17, 15) is 0 Å². The fourth-order valence-electron chi connectivity index (χ4n) is 3.90. The summed E-state index contributed by atoms with van der Waals surface area (Å²) in [4.78, 5) is 0. The summed E-state index contributed by atoms with van der Waals surface area (Å²) in [5.74, 6) is 5.63. The van der Waals surface area contributed by atoms with E-state index >= 15 is 0 Å². The molecule has 4 atom stereocenters. The highest BCUT2D eigenvalue weighted by atomic mass is 16.5. The molecular weight excluding hydrogens is 188 g/mol. The van der Waals surface area contributed by atoms with Crippen LogP contribution in [0.5, 0.6) is 11.5 Å². The van der Waals surface area contributed by atoms with Crippen molar-refractivity contribution in [1.82, 2.24) is 0 Å². The lowest BCUT2D eigenvalue weighted by Gasteiger charge is -2.28. The van der Waals surface area contributed by atoms with Crippen molar-refractivity contribution in [3.05, 3.63) is 23.3 Å². The standard InChI is InChI=1S/C13H14O2/c1-14-8-3-4-9(15-2)13-11(8)6-5-7-10(6)12(7)13/h3-4,6-7,10,12H,5H2,1-2H3/t6-,7+,10-,12+/m0/s1. The Kier molecular flexibility index (Phi) is 1.24. The highest BCUT2D eigenvalue weighted by Gasteiger charge is 2.70. The molecule has 0 N–H and O–H groups in total. The summed E-state index contributed by atoms with van der Waals surface area (Å²) in [5.41, 5.74) is 2.91. The first kappa shape index (κ1) is 8.03. The smallest absolute Gasteiger partial charge is 0.122 e. The van der Waals surface area contributed by atoms with Crippen molar-refractivity contribution in [2.24, 2.45) is 11.8 Å². The predicted octanol–water partition coefficient (Wildman–Crippen LogP) is 2.53. The van der Waals surface area contributed by atoms with E-state index in [4.69, 9.17) is 9.47 Å². The molecule has 3 aliphatic carbocycles. The Morgan fingerprint density at radius 2 is 1.73 bits per heavy atom. The molecule has 2 nitrogen and oxygen atoms in total. The predicted molar refractivity (Wildman–Crippen MR) is 56.6 cm³/mol. The van der Waals surface area contributed by atoms with Crippen molar-refractivity contribution in [2.45, 2.75) is 18.3 Å². The Bertz CT molecular complexity index is 419. The zero-order valence-electron chi connectivity index (χ0n) is 8.99. The van der Waals surface area contributed by atoms with Gasteiger partial charge in [-0.2, -0.15) is 0 Å². The van der Waals surface area contributed by atoms with Crippen LogP contribution in [0.3, 0.4) is 0 Å². The Labute approximate surface area is 89.2 Å². The molecule has 0 aliphatic heterocycles.